The van der Waals surface area contributed by atoms with Crippen LogP contribution in [-0.4, -0.2) is 57.5 Å². The molecule has 30 heavy (non-hydrogen) atoms. The number of ether oxygens (including phenoxy) is 1. The van der Waals surface area contributed by atoms with Crippen LogP contribution in [0.1, 0.15) is 25.8 Å². The Morgan fingerprint density at radius 3 is 2.13 bits per heavy atom. The van der Waals surface area contributed by atoms with Gasteiger partial charge in [-0.2, -0.15) is 24.9 Å². The van der Waals surface area contributed by atoms with E-state index in [1.165, 1.54) is 11.8 Å². The number of hydrogen-bond acceptors (Lipinski definition) is 6. The van der Waals surface area contributed by atoms with Crippen molar-refractivity contribution in [1.29, 1.82) is 0 Å². The van der Waals surface area contributed by atoms with Crippen molar-refractivity contribution in [2.24, 2.45) is 5.73 Å². The third kappa shape index (κ3) is 11.5. The van der Waals surface area contributed by atoms with Gasteiger partial charge in [0.2, 0.25) is 0 Å². The Morgan fingerprint density at radius 1 is 1.17 bits per heavy atom. The van der Waals surface area contributed by atoms with Crippen molar-refractivity contribution in [2.75, 3.05) is 12.3 Å². The second-order valence-electron chi connectivity index (χ2n) is 6.37. The van der Waals surface area contributed by atoms with E-state index in [1.54, 1.807) is 13.8 Å². The van der Waals surface area contributed by atoms with E-state index in [4.69, 9.17) is 20.4 Å². The van der Waals surface area contributed by atoms with Gasteiger partial charge in [0.15, 0.2) is 0 Å². The summed E-state index contributed by atoms with van der Waals surface area (Å²) in [5.41, 5.74) is 6.29. The number of benzene rings is 1. The number of carboxylic acid groups (broad SMARTS) is 2. The van der Waals surface area contributed by atoms with Crippen LogP contribution in [0.2, 0.25) is 0 Å². The van der Waals surface area contributed by atoms with Crippen LogP contribution in [0.5, 0.6) is 0 Å². The summed E-state index contributed by atoms with van der Waals surface area (Å²) in [6.07, 6.45) is -5.03. The Kier molecular flexibility index (Phi) is 11.9. The Balaban J connectivity index is 0.00000103. The molecule has 1 rings (SSSR count). The number of hydrogen-bond donors (Lipinski definition) is 4. The summed E-state index contributed by atoms with van der Waals surface area (Å²) in [6.45, 7) is 4.21. The highest BCUT2D eigenvalue weighted by molar-refractivity contribution is 8.00. The third-order valence-electron chi connectivity index (χ3n) is 3.48. The van der Waals surface area contributed by atoms with Crippen molar-refractivity contribution >= 4 is 29.8 Å². The lowest BCUT2D eigenvalue weighted by atomic mass is 10.0. The van der Waals surface area contributed by atoms with Crippen LogP contribution in [0.25, 0.3) is 0 Å². The number of carbonyl (C=O) groups excluding carboxylic acids is 1. The molecule has 0 saturated carbocycles. The first-order chi connectivity index (χ1) is 13.8. The minimum atomic E-state index is -5.08. The fourth-order valence-corrected chi connectivity index (χ4v) is 3.08. The molecule has 0 aromatic heterocycles. The number of aliphatic carboxylic acids is 2. The zero-order valence-corrected chi connectivity index (χ0v) is 17.3. The van der Waals surface area contributed by atoms with Gasteiger partial charge in [-0.15, -0.1) is 0 Å². The van der Waals surface area contributed by atoms with Crippen LogP contribution >= 0.6 is 11.8 Å². The summed E-state index contributed by atoms with van der Waals surface area (Å²) in [5.74, 6) is -3.12. The molecule has 1 atom stereocenters. The Morgan fingerprint density at radius 2 is 1.70 bits per heavy atom. The summed E-state index contributed by atoms with van der Waals surface area (Å²) in [7, 11) is 0. The predicted octanol–water partition coefficient (Wildman–Crippen LogP) is 2.86. The number of halogens is 3. The standard InChI is InChI=1S/C16H24N2O4S.C2HF3O2/c1-16(2,23-10-6-9-17)13(14(19)20)18-15(21)22-11-12-7-4-3-5-8-12;3-2(4,5)1(6)7/h3-5,7-8,13H,6,9-11,17H2,1-2H3,(H,18,21)(H,19,20);(H,6,7). The quantitative estimate of drug-likeness (QED) is 0.418. The minimum Gasteiger partial charge on any atom is -0.480 e. The molecule has 1 amide bonds. The van der Waals surface area contributed by atoms with Crippen molar-refractivity contribution in [1.82, 2.24) is 5.32 Å². The summed E-state index contributed by atoms with van der Waals surface area (Å²) in [5, 5.41) is 19.0. The smallest absolute Gasteiger partial charge is 0.480 e. The molecule has 0 aliphatic carbocycles. The molecular formula is C18H25F3N2O6S. The van der Waals surface area contributed by atoms with Crippen molar-refractivity contribution in [3.63, 3.8) is 0 Å². The number of thioether (sulfide) groups is 1. The average Bonchev–Trinajstić information content (AvgIpc) is 2.64. The summed E-state index contributed by atoms with van der Waals surface area (Å²) < 4.78 is 36.1. The second kappa shape index (κ2) is 13.0. The summed E-state index contributed by atoms with van der Waals surface area (Å²) in [6, 6.07) is 8.16. The van der Waals surface area contributed by atoms with Gasteiger partial charge in [-0.1, -0.05) is 30.3 Å². The van der Waals surface area contributed by atoms with Gasteiger partial charge in [0.1, 0.15) is 12.6 Å². The lowest BCUT2D eigenvalue weighted by molar-refractivity contribution is -0.192. The van der Waals surface area contributed by atoms with E-state index in [-0.39, 0.29) is 6.61 Å². The van der Waals surface area contributed by atoms with E-state index >= 15 is 0 Å². The fourth-order valence-electron chi connectivity index (χ4n) is 1.92. The lowest BCUT2D eigenvalue weighted by Crippen LogP contribution is -2.52. The highest BCUT2D eigenvalue weighted by Gasteiger charge is 2.38. The van der Waals surface area contributed by atoms with E-state index in [2.05, 4.69) is 5.32 Å². The molecule has 0 aliphatic heterocycles. The maximum Gasteiger partial charge on any atom is 0.490 e. The number of alkyl halides is 3. The third-order valence-corrected chi connectivity index (χ3v) is 4.95. The first kappa shape index (κ1) is 27.5. The lowest BCUT2D eigenvalue weighted by Gasteiger charge is -2.31. The highest BCUT2D eigenvalue weighted by Crippen LogP contribution is 2.29. The molecule has 0 spiro atoms. The molecule has 1 unspecified atom stereocenters. The van der Waals surface area contributed by atoms with E-state index in [0.29, 0.717) is 6.54 Å². The van der Waals surface area contributed by atoms with Crippen LogP contribution in [0.15, 0.2) is 30.3 Å². The summed E-state index contributed by atoms with van der Waals surface area (Å²) in [4.78, 5) is 32.3. The first-order valence-electron chi connectivity index (χ1n) is 8.65. The molecule has 5 N–H and O–H groups in total. The Hall–Kier alpha value is -2.47. The molecule has 170 valence electrons. The SMILES string of the molecule is CC(C)(SCCCN)C(NC(=O)OCc1ccccc1)C(=O)O.O=C(O)C(F)(F)F. The zero-order chi connectivity index (χ0) is 23.4. The van der Waals surface area contributed by atoms with Crippen molar-refractivity contribution in [3.8, 4) is 0 Å². The number of carboxylic acids is 2. The van der Waals surface area contributed by atoms with Crippen molar-refractivity contribution in [3.05, 3.63) is 35.9 Å². The number of nitrogens with one attached hydrogen (secondary N) is 1. The zero-order valence-electron chi connectivity index (χ0n) is 16.4. The van der Waals surface area contributed by atoms with Crippen LogP contribution in [0, 0.1) is 0 Å². The number of rotatable bonds is 9. The number of amides is 1. The molecule has 0 bridgehead atoms. The Bertz CT molecular complexity index is 686. The number of nitrogens with two attached hydrogens (primary N) is 1. The molecule has 1 aromatic rings. The van der Waals surface area contributed by atoms with Crippen LogP contribution in [0.4, 0.5) is 18.0 Å². The molecular weight excluding hydrogens is 429 g/mol. The monoisotopic (exact) mass is 454 g/mol. The largest absolute Gasteiger partial charge is 0.490 e. The van der Waals surface area contributed by atoms with Crippen molar-refractivity contribution in [2.45, 2.75) is 43.8 Å². The van der Waals surface area contributed by atoms with Gasteiger partial charge in [0, 0.05) is 4.75 Å². The Labute approximate surface area is 176 Å². The van der Waals surface area contributed by atoms with E-state index in [0.717, 1.165) is 17.7 Å². The van der Waals surface area contributed by atoms with E-state index in [1.807, 2.05) is 30.3 Å². The molecule has 0 heterocycles. The normalized spacial score (nSPS) is 12.2. The average molecular weight is 454 g/mol. The number of alkyl carbamates (subject to hydrolysis) is 1. The van der Waals surface area contributed by atoms with Gasteiger partial charge in [-0.25, -0.2) is 14.4 Å². The van der Waals surface area contributed by atoms with Gasteiger partial charge in [-0.3, -0.25) is 0 Å². The minimum absolute atomic E-state index is 0.0970. The van der Waals surface area contributed by atoms with Crippen LogP contribution in [-0.2, 0) is 20.9 Å². The first-order valence-corrected chi connectivity index (χ1v) is 9.64. The number of carbonyl (C=O) groups is 3. The maximum absolute atomic E-state index is 11.9. The van der Waals surface area contributed by atoms with E-state index < -0.39 is 35.0 Å². The molecule has 8 nitrogen and oxygen atoms in total. The fraction of sp³-hybridized carbons (Fsp3) is 0.500. The summed E-state index contributed by atoms with van der Waals surface area (Å²) >= 11 is 1.47. The topological polar surface area (TPSA) is 139 Å². The van der Waals surface area contributed by atoms with Crippen molar-refractivity contribution < 1.29 is 42.5 Å². The van der Waals surface area contributed by atoms with Crippen LogP contribution < -0.4 is 11.1 Å². The molecule has 0 fully saturated rings. The van der Waals surface area contributed by atoms with Gasteiger partial charge in [0.05, 0.1) is 0 Å². The highest BCUT2D eigenvalue weighted by atomic mass is 32.2. The maximum atomic E-state index is 11.9. The predicted molar refractivity (Wildman–Crippen MR) is 105 cm³/mol. The van der Waals surface area contributed by atoms with Gasteiger partial charge >= 0.3 is 24.2 Å². The van der Waals surface area contributed by atoms with Gasteiger partial charge in [0.25, 0.3) is 0 Å². The second-order valence-corrected chi connectivity index (χ2v) is 8.12. The molecule has 1 aromatic carbocycles. The molecule has 12 heteroatoms. The van der Waals surface area contributed by atoms with Gasteiger partial charge in [-0.05, 0) is 38.1 Å². The van der Waals surface area contributed by atoms with Crippen LogP contribution in [0.3, 0.4) is 0 Å². The van der Waals surface area contributed by atoms with E-state index in [9.17, 15) is 27.9 Å². The molecule has 0 saturated heterocycles. The molecule has 0 radical (unpaired) electrons. The molecule has 0 aliphatic rings. The van der Waals surface area contributed by atoms with Gasteiger partial charge < -0.3 is 26.0 Å².